The van der Waals surface area contributed by atoms with Gasteiger partial charge in [0.15, 0.2) is 0 Å². The van der Waals surface area contributed by atoms with E-state index in [4.69, 9.17) is 8.92 Å². The Balaban J connectivity index is 1.71. The monoisotopic (exact) mass is 490 g/mol. The Labute approximate surface area is 165 Å². The largest absolute Gasteiger partial charge is 0.493 e. The van der Waals surface area contributed by atoms with Crippen molar-refractivity contribution in [2.75, 3.05) is 13.2 Å². The minimum Gasteiger partial charge on any atom is -0.493 e. The van der Waals surface area contributed by atoms with Gasteiger partial charge in [-0.05, 0) is 24.6 Å². The Hall–Kier alpha value is -1.66. The molecule has 8 nitrogen and oxygen atoms in total. The van der Waals surface area contributed by atoms with E-state index in [2.05, 4.69) is 5.32 Å². The van der Waals surface area contributed by atoms with Crippen LogP contribution in [-0.2, 0) is 13.8 Å². The van der Waals surface area contributed by atoms with E-state index in [1.54, 1.807) is 6.07 Å². The molecule has 0 spiro atoms. The third-order valence-electron chi connectivity index (χ3n) is 4.10. The second kappa shape index (κ2) is 8.35. The van der Waals surface area contributed by atoms with Crippen LogP contribution in [0.1, 0.15) is 40.0 Å². The van der Waals surface area contributed by atoms with E-state index in [0.717, 1.165) is 4.90 Å². The predicted molar refractivity (Wildman–Crippen MR) is 101 cm³/mol. The van der Waals surface area contributed by atoms with Gasteiger partial charge in [0, 0.05) is 34.0 Å². The summed E-state index contributed by atoms with van der Waals surface area (Å²) in [6, 6.07) is 3.68. The molecule has 138 valence electrons. The van der Waals surface area contributed by atoms with Crippen molar-refractivity contribution in [1.82, 2.24) is 10.2 Å². The van der Waals surface area contributed by atoms with Crippen molar-refractivity contribution in [2.24, 2.45) is 0 Å². The number of rotatable bonds is 7. The number of nitrogens with one attached hydrogen (secondary N) is 1. The number of piperidine rings is 1. The molecule has 26 heavy (non-hydrogen) atoms. The first-order valence-electron chi connectivity index (χ1n) is 7.91. The fourth-order valence-corrected chi connectivity index (χ4v) is 3.60. The van der Waals surface area contributed by atoms with Crippen LogP contribution >= 0.6 is 30.4 Å². The summed E-state index contributed by atoms with van der Waals surface area (Å²) in [6.07, 6.45) is 0.909. The number of hydrogen-bond donors (Lipinski definition) is 1. The van der Waals surface area contributed by atoms with E-state index < -0.39 is 29.7 Å². The Morgan fingerprint density at radius 1 is 1.15 bits per heavy atom. The Morgan fingerprint density at radius 3 is 2.65 bits per heavy atom. The topological polar surface area (TPSA) is 102 Å². The summed E-state index contributed by atoms with van der Waals surface area (Å²) >= 11 is 2.03. The fourth-order valence-electron chi connectivity index (χ4n) is 2.88. The van der Waals surface area contributed by atoms with Gasteiger partial charge in [-0.2, -0.15) is 0 Å². The molecule has 4 amide bonds. The van der Waals surface area contributed by atoms with Gasteiger partial charge in [0.1, 0.15) is 11.8 Å². The van der Waals surface area contributed by atoms with Gasteiger partial charge in [-0.3, -0.25) is 29.4 Å². The molecule has 0 aromatic heterocycles. The number of benzene rings is 1. The molecule has 2 heterocycles. The smallest absolute Gasteiger partial charge is 0.262 e. The van der Waals surface area contributed by atoms with Crippen LogP contribution in [0.15, 0.2) is 18.2 Å². The highest BCUT2D eigenvalue weighted by Crippen LogP contribution is 2.30. The van der Waals surface area contributed by atoms with Gasteiger partial charge in [-0.1, -0.05) is 0 Å². The molecule has 1 atom stereocenters. The second-order valence-electron chi connectivity index (χ2n) is 5.74. The first-order chi connectivity index (χ1) is 12.5. The minimum atomic E-state index is -0.965. The molecular formula is C16H15IN2O6S. The van der Waals surface area contributed by atoms with Crippen molar-refractivity contribution in [2.45, 2.75) is 25.3 Å². The van der Waals surface area contributed by atoms with Crippen LogP contribution in [0.3, 0.4) is 0 Å². The molecule has 2 aliphatic heterocycles. The summed E-state index contributed by atoms with van der Waals surface area (Å²) in [7, 11) is 1.25. The van der Waals surface area contributed by atoms with Gasteiger partial charge in [-0.25, -0.2) is 0 Å². The molecule has 0 bridgehead atoms. The summed E-state index contributed by atoms with van der Waals surface area (Å²) < 4.78 is 10.7. The lowest BCUT2D eigenvalue weighted by atomic mass is 10.0. The molecule has 1 N–H and O–H groups in total. The van der Waals surface area contributed by atoms with Gasteiger partial charge >= 0.3 is 0 Å². The van der Waals surface area contributed by atoms with Gasteiger partial charge in [0.2, 0.25) is 11.8 Å². The molecule has 0 saturated carbocycles. The molecule has 1 aromatic rings. The Bertz CT molecular complexity index is 771. The molecule has 1 fully saturated rings. The van der Waals surface area contributed by atoms with Gasteiger partial charge in [0.05, 0.1) is 33.6 Å². The zero-order valence-electron chi connectivity index (χ0n) is 13.5. The van der Waals surface area contributed by atoms with E-state index >= 15 is 0 Å². The maximum absolute atomic E-state index is 12.7. The number of hydrogen-bond acceptors (Lipinski definition) is 7. The molecule has 1 aromatic carbocycles. The lowest BCUT2D eigenvalue weighted by Crippen LogP contribution is -2.54. The third kappa shape index (κ3) is 3.86. The second-order valence-corrected chi connectivity index (χ2v) is 7.18. The standard InChI is InChI=1S/C16H15IN2O6S/c17-26-25-7-1-6-24-9-2-3-10-11(8-9)16(23)19(15(10)22)12-4-5-13(20)18-14(12)21/h2-3,8,12H,1,4-7H2,(H,18,20,21). The highest BCUT2D eigenvalue weighted by atomic mass is 127. The number of nitrogens with zero attached hydrogens (tertiary/aromatic N) is 1. The summed E-state index contributed by atoms with van der Waals surface area (Å²) in [5.74, 6) is -1.63. The van der Waals surface area contributed by atoms with Crippen LogP contribution in [0.4, 0.5) is 0 Å². The number of imide groups is 2. The number of halogens is 1. The lowest BCUT2D eigenvalue weighted by molar-refractivity contribution is -0.136. The number of carbonyl (C=O) groups is 4. The summed E-state index contributed by atoms with van der Waals surface area (Å²) in [4.78, 5) is 49.4. The Morgan fingerprint density at radius 2 is 1.92 bits per heavy atom. The van der Waals surface area contributed by atoms with E-state index in [9.17, 15) is 19.2 Å². The van der Waals surface area contributed by atoms with Crippen molar-refractivity contribution >= 4 is 54.0 Å². The first-order valence-corrected chi connectivity index (χ1v) is 11.2. The predicted octanol–water partition coefficient (Wildman–Crippen LogP) is 1.87. The Kier molecular flexibility index (Phi) is 6.14. The quantitative estimate of drug-likeness (QED) is 0.270. The summed E-state index contributed by atoms with van der Waals surface area (Å²) in [6.45, 7) is 0.953. The normalized spacial score (nSPS) is 19.6. The number of fused-ring (bicyclic) bond motifs is 1. The molecule has 0 radical (unpaired) electrons. The first kappa shape index (κ1) is 19.1. The summed E-state index contributed by atoms with van der Waals surface area (Å²) in [5, 5.41) is 2.17. The number of ether oxygens (including phenoxy) is 1. The third-order valence-corrected chi connectivity index (χ3v) is 5.12. The van der Waals surface area contributed by atoms with Crippen LogP contribution < -0.4 is 10.1 Å². The SMILES string of the molecule is O=C1CCC(N2C(=O)c3ccc(OCCCOSI)cc3C2=O)C(=O)N1. The van der Waals surface area contributed by atoms with Crippen molar-refractivity contribution < 1.29 is 28.1 Å². The molecule has 3 rings (SSSR count). The zero-order chi connectivity index (χ0) is 18.7. The van der Waals surface area contributed by atoms with Crippen molar-refractivity contribution in [1.29, 1.82) is 0 Å². The van der Waals surface area contributed by atoms with Crippen molar-refractivity contribution in [3.8, 4) is 5.75 Å². The molecule has 10 heteroatoms. The van der Waals surface area contributed by atoms with E-state index in [1.165, 1.54) is 21.3 Å². The molecule has 1 saturated heterocycles. The van der Waals surface area contributed by atoms with Gasteiger partial charge in [-0.15, -0.1) is 0 Å². The van der Waals surface area contributed by atoms with E-state index in [1.807, 2.05) is 21.2 Å². The van der Waals surface area contributed by atoms with Crippen molar-refractivity contribution in [3.63, 3.8) is 0 Å². The van der Waals surface area contributed by atoms with Crippen LogP contribution in [-0.4, -0.2) is 47.8 Å². The number of carbonyl (C=O) groups excluding carboxylic acids is 4. The van der Waals surface area contributed by atoms with Crippen LogP contribution in [0.25, 0.3) is 0 Å². The van der Waals surface area contributed by atoms with Gasteiger partial charge in [0.25, 0.3) is 11.8 Å². The highest BCUT2D eigenvalue weighted by molar-refractivity contribution is 14.2. The van der Waals surface area contributed by atoms with E-state index in [-0.39, 0.29) is 24.0 Å². The zero-order valence-corrected chi connectivity index (χ0v) is 16.5. The maximum atomic E-state index is 12.7. The maximum Gasteiger partial charge on any atom is 0.262 e. The average Bonchev–Trinajstić information content (AvgIpc) is 2.86. The van der Waals surface area contributed by atoms with Crippen LogP contribution in [0.2, 0.25) is 0 Å². The van der Waals surface area contributed by atoms with Crippen molar-refractivity contribution in [3.05, 3.63) is 29.3 Å². The lowest BCUT2D eigenvalue weighted by Gasteiger charge is -2.27. The van der Waals surface area contributed by atoms with E-state index in [0.29, 0.717) is 25.4 Å². The summed E-state index contributed by atoms with van der Waals surface area (Å²) in [5.41, 5.74) is 0.438. The minimum absolute atomic E-state index is 0.0930. The molecule has 1 unspecified atom stereocenters. The van der Waals surface area contributed by atoms with Crippen LogP contribution in [0.5, 0.6) is 5.75 Å². The fraction of sp³-hybridized carbons (Fsp3) is 0.375. The number of amides is 4. The highest BCUT2D eigenvalue weighted by Gasteiger charge is 2.44. The molecule has 2 aliphatic rings. The molecule has 0 aliphatic carbocycles. The molecular weight excluding hydrogens is 475 g/mol. The van der Waals surface area contributed by atoms with Crippen LogP contribution in [0, 0.1) is 0 Å². The van der Waals surface area contributed by atoms with Gasteiger partial charge < -0.3 is 8.92 Å². The average molecular weight is 490 g/mol.